The summed E-state index contributed by atoms with van der Waals surface area (Å²) in [4.78, 5) is 2.16. The minimum atomic E-state index is -0.0382. The molecule has 0 bridgehead atoms. The molecule has 0 aromatic heterocycles. The van der Waals surface area contributed by atoms with Gasteiger partial charge in [0.25, 0.3) is 0 Å². The minimum absolute atomic E-state index is 0.0382. The highest BCUT2D eigenvalue weighted by Gasteiger charge is 2.24. The lowest BCUT2D eigenvalue weighted by atomic mass is 10.1. The van der Waals surface area contributed by atoms with Crippen LogP contribution in [0.25, 0.3) is 0 Å². The second kappa shape index (κ2) is 6.67. The molecule has 1 aliphatic heterocycles. The average molecular weight is 231 g/mol. The molecule has 94 valence electrons. The first kappa shape index (κ1) is 13.2. The van der Waals surface area contributed by atoms with E-state index < -0.39 is 0 Å². The zero-order valence-corrected chi connectivity index (χ0v) is 9.67. The van der Waals surface area contributed by atoms with E-state index in [4.69, 9.17) is 20.8 Å². The van der Waals surface area contributed by atoms with E-state index in [9.17, 15) is 0 Å². The second-order valence-electron chi connectivity index (χ2n) is 4.03. The van der Waals surface area contributed by atoms with Crippen molar-refractivity contribution in [2.24, 2.45) is 10.9 Å². The number of hydrogen-bond acceptors (Lipinski definition) is 5. The Bertz CT molecular complexity index is 227. The number of hydrogen-bond donors (Lipinski definition) is 3. The van der Waals surface area contributed by atoms with Crippen LogP contribution in [0.3, 0.4) is 0 Å². The minimum Gasteiger partial charge on any atom is -0.409 e. The number of ether oxygens (including phenoxy) is 1. The molecule has 1 heterocycles. The van der Waals surface area contributed by atoms with Crippen LogP contribution in [0.1, 0.15) is 19.8 Å². The van der Waals surface area contributed by atoms with Gasteiger partial charge in [-0.3, -0.25) is 4.90 Å². The molecule has 1 aliphatic rings. The topological polar surface area (TPSA) is 91.3 Å². The Hall–Kier alpha value is -0.850. The summed E-state index contributed by atoms with van der Waals surface area (Å²) in [5.74, 6) is 0.245. The molecule has 1 atom stereocenters. The molecule has 0 aromatic rings. The number of nitrogens with zero attached hydrogens (tertiary/aromatic N) is 2. The lowest BCUT2D eigenvalue weighted by Crippen LogP contribution is -2.48. The van der Waals surface area contributed by atoms with Gasteiger partial charge in [0, 0.05) is 13.1 Å². The number of amidine groups is 1. The highest BCUT2D eigenvalue weighted by molar-refractivity contribution is 5.84. The van der Waals surface area contributed by atoms with Crippen molar-refractivity contribution in [3.8, 4) is 0 Å². The monoisotopic (exact) mass is 231 g/mol. The van der Waals surface area contributed by atoms with Crippen LogP contribution in [0.2, 0.25) is 0 Å². The van der Waals surface area contributed by atoms with E-state index in [0.29, 0.717) is 6.61 Å². The van der Waals surface area contributed by atoms with Gasteiger partial charge in [0.1, 0.15) is 0 Å². The van der Waals surface area contributed by atoms with Crippen molar-refractivity contribution in [1.82, 2.24) is 4.90 Å². The summed E-state index contributed by atoms with van der Waals surface area (Å²) in [6.07, 6.45) is 2.06. The number of aliphatic hydroxyl groups excluding tert-OH is 1. The summed E-state index contributed by atoms with van der Waals surface area (Å²) in [5, 5.41) is 20.3. The molecule has 0 aromatic carbocycles. The predicted octanol–water partition coefficient (Wildman–Crippen LogP) is -0.405. The highest BCUT2D eigenvalue weighted by atomic mass is 16.5. The first-order valence-electron chi connectivity index (χ1n) is 5.63. The second-order valence-corrected chi connectivity index (χ2v) is 4.03. The standard InChI is InChI=1S/C10H21N3O3/c1-8(10(11)12-15)13-4-2-9(3-5-13)16-7-6-14/h8-9,14-15H,2-7H2,1H3,(H2,11,12). The SMILES string of the molecule is CC(C(N)=NO)N1CCC(OCCO)CC1. The molecule has 4 N–H and O–H groups in total. The molecule has 0 aliphatic carbocycles. The highest BCUT2D eigenvalue weighted by Crippen LogP contribution is 2.15. The Labute approximate surface area is 95.7 Å². The molecule has 0 radical (unpaired) electrons. The van der Waals surface area contributed by atoms with Gasteiger partial charge in [-0.15, -0.1) is 0 Å². The van der Waals surface area contributed by atoms with E-state index in [-0.39, 0.29) is 24.6 Å². The van der Waals surface area contributed by atoms with Gasteiger partial charge in [-0.2, -0.15) is 0 Å². The fraction of sp³-hybridized carbons (Fsp3) is 0.900. The van der Waals surface area contributed by atoms with Gasteiger partial charge in [0.15, 0.2) is 5.84 Å². The Balaban J connectivity index is 2.31. The van der Waals surface area contributed by atoms with Gasteiger partial charge in [-0.25, -0.2) is 0 Å². The smallest absolute Gasteiger partial charge is 0.156 e. The zero-order chi connectivity index (χ0) is 12.0. The van der Waals surface area contributed by atoms with Crippen LogP contribution < -0.4 is 5.73 Å². The summed E-state index contributed by atoms with van der Waals surface area (Å²) >= 11 is 0. The van der Waals surface area contributed by atoms with Crippen molar-refractivity contribution in [2.75, 3.05) is 26.3 Å². The van der Waals surface area contributed by atoms with Gasteiger partial charge in [0.2, 0.25) is 0 Å². The van der Waals surface area contributed by atoms with Crippen LogP contribution in [-0.2, 0) is 4.74 Å². The van der Waals surface area contributed by atoms with E-state index in [2.05, 4.69) is 10.1 Å². The zero-order valence-electron chi connectivity index (χ0n) is 9.67. The van der Waals surface area contributed by atoms with Crippen LogP contribution in [0.4, 0.5) is 0 Å². The Kier molecular flexibility index (Phi) is 5.51. The first-order chi connectivity index (χ1) is 7.69. The Morgan fingerprint density at radius 3 is 2.69 bits per heavy atom. The number of rotatable bonds is 5. The van der Waals surface area contributed by atoms with E-state index in [1.807, 2.05) is 6.92 Å². The Morgan fingerprint density at radius 2 is 2.19 bits per heavy atom. The maximum Gasteiger partial charge on any atom is 0.156 e. The third kappa shape index (κ3) is 3.62. The van der Waals surface area contributed by atoms with E-state index >= 15 is 0 Å². The summed E-state index contributed by atoms with van der Waals surface area (Å²) < 4.78 is 5.46. The summed E-state index contributed by atoms with van der Waals surface area (Å²) in [5.41, 5.74) is 5.56. The molecule has 0 saturated carbocycles. The molecule has 0 amide bonds. The van der Waals surface area contributed by atoms with Crippen LogP contribution in [0, 0.1) is 0 Å². The van der Waals surface area contributed by atoms with Gasteiger partial charge in [0.05, 0.1) is 25.4 Å². The molecule has 6 nitrogen and oxygen atoms in total. The summed E-state index contributed by atoms with van der Waals surface area (Å²) in [7, 11) is 0. The quantitative estimate of drug-likeness (QED) is 0.259. The van der Waals surface area contributed by atoms with Crippen LogP contribution in [0.5, 0.6) is 0 Å². The van der Waals surface area contributed by atoms with Crippen LogP contribution >= 0.6 is 0 Å². The lowest BCUT2D eigenvalue weighted by molar-refractivity contribution is -0.00997. The van der Waals surface area contributed by atoms with Crippen molar-refractivity contribution in [3.63, 3.8) is 0 Å². The van der Waals surface area contributed by atoms with Crippen LogP contribution in [-0.4, -0.2) is 59.5 Å². The molecular formula is C10H21N3O3. The molecule has 16 heavy (non-hydrogen) atoms. The summed E-state index contributed by atoms with van der Waals surface area (Å²) in [6, 6.07) is -0.0382. The molecule has 6 heteroatoms. The fourth-order valence-electron chi connectivity index (χ4n) is 1.92. The maximum absolute atomic E-state index is 8.65. The number of piperidine rings is 1. The number of oxime groups is 1. The predicted molar refractivity (Wildman–Crippen MR) is 60.5 cm³/mol. The summed E-state index contributed by atoms with van der Waals surface area (Å²) in [6.45, 7) is 4.13. The van der Waals surface area contributed by atoms with Gasteiger partial charge in [-0.05, 0) is 19.8 Å². The molecule has 1 rings (SSSR count). The lowest BCUT2D eigenvalue weighted by Gasteiger charge is -2.35. The van der Waals surface area contributed by atoms with Gasteiger partial charge < -0.3 is 20.8 Å². The van der Waals surface area contributed by atoms with Gasteiger partial charge in [-0.1, -0.05) is 5.16 Å². The van der Waals surface area contributed by atoms with Crippen molar-refractivity contribution in [1.29, 1.82) is 0 Å². The van der Waals surface area contributed by atoms with Gasteiger partial charge >= 0.3 is 0 Å². The van der Waals surface area contributed by atoms with Crippen molar-refractivity contribution < 1.29 is 15.1 Å². The Morgan fingerprint density at radius 1 is 1.56 bits per heavy atom. The average Bonchev–Trinajstić information content (AvgIpc) is 2.35. The maximum atomic E-state index is 8.65. The molecule has 1 unspecified atom stereocenters. The molecule has 0 spiro atoms. The first-order valence-corrected chi connectivity index (χ1v) is 5.63. The third-order valence-corrected chi connectivity index (χ3v) is 3.01. The van der Waals surface area contributed by atoms with E-state index in [1.165, 1.54) is 0 Å². The number of aliphatic hydroxyl groups is 1. The van der Waals surface area contributed by atoms with Crippen LogP contribution in [0.15, 0.2) is 5.16 Å². The molecular weight excluding hydrogens is 210 g/mol. The molecule has 1 fully saturated rings. The third-order valence-electron chi connectivity index (χ3n) is 3.01. The normalized spacial score (nSPS) is 22.2. The number of likely N-dealkylation sites (tertiary alicyclic amines) is 1. The number of nitrogens with two attached hydrogens (primary N) is 1. The molecule has 1 saturated heterocycles. The van der Waals surface area contributed by atoms with Crippen molar-refractivity contribution >= 4 is 5.84 Å². The van der Waals surface area contributed by atoms with Crippen molar-refractivity contribution in [3.05, 3.63) is 0 Å². The van der Waals surface area contributed by atoms with E-state index in [0.717, 1.165) is 25.9 Å². The van der Waals surface area contributed by atoms with E-state index in [1.54, 1.807) is 0 Å². The largest absolute Gasteiger partial charge is 0.409 e. The fourth-order valence-corrected chi connectivity index (χ4v) is 1.92. The van der Waals surface area contributed by atoms with Crippen molar-refractivity contribution in [2.45, 2.75) is 31.9 Å².